The fourth-order valence-electron chi connectivity index (χ4n) is 2.09. The third-order valence-corrected chi connectivity index (χ3v) is 4.44. The summed E-state index contributed by atoms with van der Waals surface area (Å²) in [6, 6.07) is 9.59. The number of ether oxygens (including phenoxy) is 1. The lowest BCUT2D eigenvalue weighted by Gasteiger charge is -2.12. The van der Waals surface area contributed by atoms with Crippen LogP contribution in [0.2, 0.25) is 0 Å². The Labute approximate surface area is 163 Å². The molecule has 2 aromatic carbocycles. The lowest BCUT2D eigenvalue weighted by Crippen LogP contribution is -2.34. The fourth-order valence-corrected chi connectivity index (χ4v) is 3.03. The number of carbonyl (C=O) groups excluding carboxylic acids is 1. The molecule has 0 heterocycles. The van der Waals surface area contributed by atoms with Crippen LogP contribution in [0, 0.1) is 20.6 Å². The number of methoxy groups -OCH3 is 1. The number of halogens is 1. The smallest absolute Gasteiger partial charge is 0.274 e. The van der Waals surface area contributed by atoms with Crippen LogP contribution in [0.3, 0.4) is 0 Å². The van der Waals surface area contributed by atoms with Crippen molar-refractivity contribution in [3.8, 4) is 5.75 Å². The molecule has 1 amide bonds. The first kappa shape index (κ1) is 19.1. The zero-order valence-electron chi connectivity index (χ0n) is 13.3. The molecule has 0 atom stereocenters. The molecule has 0 aromatic heterocycles. The molecule has 9 heteroatoms. The number of benzene rings is 2. The third kappa shape index (κ3) is 4.63. The predicted molar refractivity (Wildman–Crippen MR) is 107 cm³/mol. The third-order valence-electron chi connectivity index (χ3n) is 3.39. The highest BCUT2D eigenvalue weighted by Gasteiger charge is 2.15. The Bertz CT molecular complexity index is 857. The van der Waals surface area contributed by atoms with Gasteiger partial charge >= 0.3 is 0 Å². The molecule has 0 saturated carbocycles. The van der Waals surface area contributed by atoms with Gasteiger partial charge in [-0.05, 0) is 66.0 Å². The van der Waals surface area contributed by atoms with Crippen molar-refractivity contribution in [2.24, 2.45) is 0 Å². The lowest BCUT2D eigenvalue weighted by atomic mass is 10.1. The maximum absolute atomic E-state index is 12.3. The van der Waals surface area contributed by atoms with Gasteiger partial charge in [0.2, 0.25) is 0 Å². The van der Waals surface area contributed by atoms with Gasteiger partial charge < -0.3 is 10.1 Å². The topological polar surface area (TPSA) is 93.5 Å². The second kappa shape index (κ2) is 8.21. The minimum Gasteiger partial charge on any atom is -0.496 e. The molecular weight excluding hydrogens is 457 g/mol. The van der Waals surface area contributed by atoms with Crippen LogP contribution in [0.4, 0.5) is 11.4 Å². The first-order valence-electron chi connectivity index (χ1n) is 7.03. The molecule has 0 fully saturated rings. The van der Waals surface area contributed by atoms with Gasteiger partial charge in [-0.1, -0.05) is 6.07 Å². The maximum Gasteiger partial charge on any atom is 0.274 e. The fraction of sp³-hybridized carbons (Fsp3) is 0.125. The zero-order chi connectivity index (χ0) is 18.6. The molecule has 0 aliphatic rings. The van der Waals surface area contributed by atoms with E-state index >= 15 is 0 Å². The molecule has 25 heavy (non-hydrogen) atoms. The van der Waals surface area contributed by atoms with Gasteiger partial charge in [-0.3, -0.25) is 20.2 Å². The number of rotatable bonds is 4. The molecule has 2 rings (SSSR count). The van der Waals surface area contributed by atoms with Crippen molar-refractivity contribution in [2.75, 3.05) is 12.4 Å². The van der Waals surface area contributed by atoms with Crippen molar-refractivity contribution in [3.05, 3.63) is 61.2 Å². The number of hydrogen-bond donors (Lipinski definition) is 2. The quantitative estimate of drug-likeness (QED) is 0.306. The highest BCUT2D eigenvalue weighted by atomic mass is 127. The van der Waals surface area contributed by atoms with E-state index in [1.54, 1.807) is 44.4 Å². The summed E-state index contributed by atoms with van der Waals surface area (Å²) >= 11 is 7.19. The van der Waals surface area contributed by atoms with Crippen LogP contribution in [0.15, 0.2) is 36.4 Å². The Balaban J connectivity index is 2.10. The minimum atomic E-state index is -0.471. The van der Waals surface area contributed by atoms with E-state index in [-0.39, 0.29) is 16.7 Å². The number of thiocarbonyl (C=S) groups is 1. The van der Waals surface area contributed by atoms with Crippen LogP contribution in [0.5, 0.6) is 5.75 Å². The number of nitrogens with zero attached hydrogens (tertiary/aromatic N) is 1. The SMILES string of the molecule is COc1ccc(C(=O)NC(=S)Nc2cccc([N+](=O)[O-])c2C)cc1I. The monoisotopic (exact) mass is 471 g/mol. The molecule has 130 valence electrons. The molecule has 0 spiro atoms. The van der Waals surface area contributed by atoms with Crippen LogP contribution in [-0.4, -0.2) is 23.1 Å². The van der Waals surface area contributed by atoms with Gasteiger partial charge in [-0.25, -0.2) is 0 Å². The first-order chi connectivity index (χ1) is 11.8. The highest BCUT2D eigenvalue weighted by molar-refractivity contribution is 14.1. The molecule has 2 aromatic rings. The van der Waals surface area contributed by atoms with E-state index in [0.717, 1.165) is 3.57 Å². The van der Waals surface area contributed by atoms with Crippen LogP contribution >= 0.6 is 34.8 Å². The molecule has 0 saturated heterocycles. The second-order valence-electron chi connectivity index (χ2n) is 4.96. The van der Waals surface area contributed by atoms with Gasteiger partial charge in [0.05, 0.1) is 26.9 Å². The second-order valence-corrected chi connectivity index (χ2v) is 6.53. The Kier molecular flexibility index (Phi) is 6.26. The van der Waals surface area contributed by atoms with E-state index in [1.165, 1.54) is 6.07 Å². The summed E-state index contributed by atoms with van der Waals surface area (Å²) in [6.07, 6.45) is 0. The van der Waals surface area contributed by atoms with Crippen LogP contribution in [0.1, 0.15) is 15.9 Å². The number of hydrogen-bond acceptors (Lipinski definition) is 5. The number of nitro groups is 1. The Morgan fingerprint density at radius 2 is 2.04 bits per heavy atom. The maximum atomic E-state index is 12.3. The van der Waals surface area contributed by atoms with E-state index in [2.05, 4.69) is 33.2 Å². The molecule has 0 bridgehead atoms. The average molecular weight is 471 g/mol. The van der Waals surface area contributed by atoms with Crippen LogP contribution in [0.25, 0.3) is 0 Å². The van der Waals surface area contributed by atoms with Crippen molar-refractivity contribution in [1.82, 2.24) is 5.32 Å². The van der Waals surface area contributed by atoms with Gasteiger partial charge in [0.25, 0.3) is 11.6 Å². The predicted octanol–water partition coefficient (Wildman–Crippen LogP) is 3.64. The molecule has 0 unspecified atom stereocenters. The minimum absolute atomic E-state index is 0.0242. The van der Waals surface area contributed by atoms with E-state index in [1.807, 2.05) is 0 Å². The highest BCUT2D eigenvalue weighted by Crippen LogP contribution is 2.25. The number of nitro benzene ring substituents is 1. The molecule has 0 aliphatic carbocycles. The molecule has 7 nitrogen and oxygen atoms in total. The van der Waals surface area contributed by atoms with Crippen molar-refractivity contribution in [1.29, 1.82) is 0 Å². The lowest BCUT2D eigenvalue weighted by molar-refractivity contribution is -0.385. The Hall–Kier alpha value is -2.27. The Morgan fingerprint density at radius 3 is 2.64 bits per heavy atom. The van der Waals surface area contributed by atoms with Crippen LogP contribution < -0.4 is 15.4 Å². The van der Waals surface area contributed by atoms with Crippen molar-refractivity contribution in [2.45, 2.75) is 6.92 Å². The molecular formula is C16H14IN3O4S. The molecule has 2 N–H and O–H groups in total. The zero-order valence-corrected chi connectivity index (χ0v) is 16.3. The summed E-state index contributed by atoms with van der Waals surface area (Å²) in [4.78, 5) is 22.8. The van der Waals surface area contributed by atoms with Crippen molar-refractivity contribution < 1.29 is 14.5 Å². The van der Waals surface area contributed by atoms with Gasteiger partial charge in [0.15, 0.2) is 5.11 Å². The number of carbonyl (C=O) groups is 1. The number of amides is 1. The van der Waals surface area contributed by atoms with Gasteiger partial charge in [0.1, 0.15) is 5.75 Å². The summed E-state index contributed by atoms with van der Waals surface area (Å²) in [5.41, 5.74) is 1.29. The summed E-state index contributed by atoms with van der Waals surface area (Å²) in [5.74, 6) is 0.284. The van der Waals surface area contributed by atoms with Crippen molar-refractivity contribution in [3.63, 3.8) is 0 Å². The summed E-state index contributed by atoms with van der Waals surface area (Å²) < 4.78 is 5.94. The number of anilines is 1. The van der Waals surface area contributed by atoms with Crippen LogP contribution in [-0.2, 0) is 0 Å². The standard InChI is InChI=1S/C16H14IN3O4S/c1-9-12(4-3-5-13(9)20(22)23)18-16(25)19-15(21)10-6-7-14(24-2)11(17)8-10/h3-8H,1-2H3,(H2,18,19,21,25). The van der Waals surface area contributed by atoms with Gasteiger partial charge in [0, 0.05) is 11.6 Å². The number of nitrogens with one attached hydrogen (secondary N) is 2. The van der Waals surface area contributed by atoms with E-state index in [4.69, 9.17) is 17.0 Å². The first-order valence-corrected chi connectivity index (χ1v) is 8.52. The summed E-state index contributed by atoms with van der Waals surface area (Å²) in [7, 11) is 1.55. The largest absolute Gasteiger partial charge is 0.496 e. The normalized spacial score (nSPS) is 10.0. The van der Waals surface area contributed by atoms with Gasteiger partial charge in [-0.2, -0.15) is 0 Å². The summed E-state index contributed by atoms with van der Waals surface area (Å²) in [5, 5.41) is 16.4. The average Bonchev–Trinajstić information content (AvgIpc) is 2.56. The molecule has 0 radical (unpaired) electrons. The summed E-state index contributed by atoms with van der Waals surface area (Å²) in [6.45, 7) is 1.61. The van der Waals surface area contributed by atoms with E-state index in [0.29, 0.717) is 22.6 Å². The van der Waals surface area contributed by atoms with E-state index in [9.17, 15) is 14.9 Å². The Morgan fingerprint density at radius 1 is 1.32 bits per heavy atom. The van der Waals surface area contributed by atoms with Gasteiger partial charge in [-0.15, -0.1) is 0 Å². The van der Waals surface area contributed by atoms with E-state index < -0.39 is 4.92 Å². The molecule has 0 aliphatic heterocycles. The van der Waals surface area contributed by atoms with Crippen molar-refractivity contribution >= 4 is 57.2 Å².